The Morgan fingerprint density at radius 3 is 2.06 bits per heavy atom. The zero-order valence-corrected chi connectivity index (χ0v) is 11.2. The molecule has 1 nitrogen and oxygen atoms in total. The van der Waals surface area contributed by atoms with E-state index >= 15 is 0 Å². The van der Waals surface area contributed by atoms with Crippen molar-refractivity contribution < 1.29 is 5.11 Å². The van der Waals surface area contributed by atoms with Crippen LogP contribution in [0.5, 0.6) is 5.75 Å². The molecule has 0 spiro atoms. The molecule has 4 bridgehead atoms. The summed E-state index contributed by atoms with van der Waals surface area (Å²) in [5.74, 6) is 3.38. The van der Waals surface area contributed by atoms with Gasteiger partial charge in [-0.3, -0.25) is 0 Å². The van der Waals surface area contributed by atoms with Crippen molar-refractivity contribution in [2.24, 2.45) is 17.8 Å². The van der Waals surface area contributed by atoms with Crippen molar-refractivity contribution in [3.63, 3.8) is 0 Å². The molecule has 1 aromatic rings. The van der Waals surface area contributed by atoms with E-state index in [2.05, 4.69) is 19.1 Å². The van der Waals surface area contributed by atoms with Gasteiger partial charge in [-0.05, 0) is 80.2 Å². The maximum Gasteiger partial charge on any atom is 0.119 e. The van der Waals surface area contributed by atoms with E-state index < -0.39 is 0 Å². The van der Waals surface area contributed by atoms with Gasteiger partial charge in [-0.2, -0.15) is 0 Å². The minimum atomic E-state index is 0.326. The fraction of sp³-hybridized carbons (Fsp3) is 0.647. The Balaban J connectivity index is 1.79. The van der Waals surface area contributed by atoms with Crippen LogP contribution in [0.15, 0.2) is 18.2 Å². The smallest absolute Gasteiger partial charge is 0.119 e. The summed E-state index contributed by atoms with van der Waals surface area (Å²) < 4.78 is 0. The van der Waals surface area contributed by atoms with E-state index in [9.17, 15) is 5.11 Å². The highest BCUT2D eigenvalue weighted by Crippen LogP contribution is 2.61. The highest BCUT2D eigenvalue weighted by molar-refractivity contribution is 5.42. The molecule has 0 amide bonds. The normalized spacial score (nSPS) is 41.3. The zero-order chi connectivity index (χ0) is 12.3. The van der Waals surface area contributed by atoms with E-state index in [1.807, 2.05) is 6.07 Å². The fourth-order valence-electron chi connectivity index (χ4n) is 5.53. The lowest BCUT2D eigenvalue weighted by Gasteiger charge is -2.57. The van der Waals surface area contributed by atoms with Gasteiger partial charge in [-0.15, -0.1) is 0 Å². The number of aryl methyl sites for hydroxylation is 1. The Morgan fingerprint density at radius 2 is 1.56 bits per heavy atom. The first-order valence-corrected chi connectivity index (χ1v) is 7.45. The Hall–Kier alpha value is -0.980. The first-order chi connectivity index (χ1) is 8.64. The molecule has 0 saturated heterocycles. The van der Waals surface area contributed by atoms with Crippen LogP contribution in [0, 0.1) is 24.7 Å². The van der Waals surface area contributed by atoms with Crippen LogP contribution < -0.4 is 0 Å². The van der Waals surface area contributed by atoms with E-state index in [4.69, 9.17) is 0 Å². The summed E-state index contributed by atoms with van der Waals surface area (Å²) in [4.78, 5) is 0. The summed E-state index contributed by atoms with van der Waals surface area (Å²) in [6, 6.07) is 6.33. The molecule has 96 valence electrons. The number of hydrogen-bond acceptors (Lipinski definition) is 1. The number of phenolic OH excluding ortho intramolecular Hbond substituents is 1. The molecule has 0 atom stereocenters. The predicted molar refractivity (Wildman–Crippen MR) is 72.7 cm³/mol. The second kappa shape index (κ2) is 3.53. The molecule has 5 rings (SSSR count). The predicted octanol–water partition coefficient (Wildman–Crippen LogP) is 4.17. The largest absolute Gasteiger partial charge is 0.508 e. The number of hydrogen-bond donors (Lipinski definition) is 1. The van der Waals surface area contributed by atoms with Gasteiger partial charge in [0.1, 0.15) is 5.75 Å². The van der Waals surface area contributed by atoms with Crippen LogP contribution in [0.2, 0.25) is 0 Å². The summed E-state index contributed by atoms with van der Waals surface area (Å²) in [6.07, 6.45) is 8.38. The molecule has 4 aliphatic rings. The van der Waals surface area contributed by atoms with Crippen molar-refractivity contribution in [1.82, 2.24) is 0 Å². The first kappa shape index (κ1) is 10.9. The third-order valence-electron chi connectivity index (χ3n) is 5.76. The van der Waals surface area contributed by atoms with Gasteiger partial charge in [0.2, 0.25) is 0 Å². The fourth-order valence-corrected chi connectivity index (χ4v) is 5.53. The maximum atomic E-state index is 10.4. The lowest BCUT2D eigenvalue weighted by Crippen LogP contribution is -2.48. The molecule has 0 aromatic heterocycles. The van der Waals surface area contributed by atoms with Crippen LogP contribution in [-0.4, -0.2) is 5.11 Å². The molecule has 0 radical (unpaired) electrons. The second-order valence-electron chi connectivity index (χ2n) is 7.22. The van der Waals surface area contributed by atoms with Gasteiger partial charge in [0.15, 0.2) is 0 Å². The van der Waals surface area contributed by atoms with Crippen molar-refractivity contribution in [2.75, 3.05) is 0 Å². The summed E-state index contributed by atoms with van der Waals surface area (Å²) in [5.41, 5.74) is 2.75. The second-order valence-corrected chi connectivity index (χ2v) is 7.22. The van der Waals surface area contributed by atoms with Crippen LogP contribution >= 0.6 is 0 Å². The number of rotatable bonds is 1. The van der Waals surface area contributed by atoms with E-state index in [0.29, 0.717) is 11.2 Å². The van der Waals surface area contributed by atoms with E-state index in [1.54, 1.807) is 0 Å². The number of phenols is 1. The van der Waals surface area contributed by atoms with E-state index in [1.165, 1.54) is 49.7 Å². The molecular formula is C17H22O. The molecule has 0 unspecified atom stereocenters. The highest BCUT2D eigenvalue weighted by atomic mass is 16.3. The van der Waals surface area contributed by atoms with Gasteiger partial charge in [0.05, 0.1) is 0 Å². The maximum absolute atomic E-state index is 10.4. The molecule has 4 fully saturated rings. The van der Waals surface area contributed by atoms with Gasteiger partial charge in [0, 0.05) is 5.56 Å². The molecule has 4 saturated carbocycles. The summed E-state index contributed by atoms with van der Waals surface area (Å²) in [6.45, 7) is 2.06. The number of benzene rings is 1. The Morgan fingerprint density at radius 1 is 1.00 bits per heavy atom. The topological polar surface area (TPSA) is 20.2 Å². The van der Waals surface area contributed by atoms with E-state index in [0.717, 1.165) is 17.8 Å². The molecule has 0 aliphatic heterocycles. The molecule has 18 heavy (non-hydrogen) atoms. The van der Waals surface area contributed by atoms with Crippen molar-refractivity contribution in [1.29, 1.82) is 0 Å². The molecule has 0 heterocycles. The SMILES string of the molecule is Cc1ccc(C23CC4CC(CC(C4)C2)C3)c(O)c1. The third kappa shape index (κ3) is 1.46. The molecule has 1 aromatic carbocycles. The van der Waals surface area contributed by atoms with Crippen LogP contribution in [0.25, 0.3) is 0 Å². The van der Waals surface area contributed by atoms with Gasteiger partial charge < -0.3 is 5.11 Å². The molecule has 1 N–H and O–H groups in total. The van der Waals surface area contributed by atoms with Crippen LogP contribution in [0.1, 0.15) is 49.7 Å². The van der Waals surface area contributed by atoms with Crippen LogP contribution in [-0.2, 0) is 5.41 Å². The Bertz CT molecular complexity index is 453. The minimum absolute atomic E-state index is 0.326. The Labute approximate surface area is 109 Å². The van der Waals surface area contributed by atoms with Crippen molar-refractivity contribution >= 4 is 0 Å². The Kier molecular flexibility index (Phi) is 2.13. The van der Waals surface area contributed by atoms with Crippen LogP contribution in [0.4, 0.5) is 0 Å². The lowest BCUT2D eigenvalue weighted by atomic mass is 9.48. The molecule has 1 heteroatoms. The average Bonchev–Trinajstić information content (AvgIpc) is 2.26. The van der Waals surface area contributed by atoms with E-state index in [-0.39, 0.29) is 0 Å². The highest BCUT2D eigenvalue weighted by Gasteiger charge is 2.52. The minimum Gasteiger partial charge on any atom is -0.508 e. The summed E-state index contributed by atoms with van der Waals surface area (Å²) >= 11 is 0. The van der Waals surface area contributed by atoms with Gasteiger partial charge in [0.25, 0.3) is 0 Å². The van der Waals surface area contributed by atoms with Gasteiger partial charge in [-0.25, -0.2) is 0 Å². The van der Waals surface area contributed by atoms with Crippen molar-refractivity contribution in [3.05, 3.63) is 29.3 Å². The average molecular weight is 242 g/mol. The summed E-state index contributed by atoms with van der Waals surface area (Å²) in [5, 5.41) is 10.4. The van der Waals surface area contributed by atoms with Gasteiger partial charge >= 0.3 is 0 Å². The molecular weight excluding hydrogens is 220 g/mol. The van der Waals surface area contributed by atoms with Crippen LogP contribution in [0.3, 0.4) is 0 Å². The van der Waals surface area contributed by atoms with Crippen molar-refractivity contribution in [2.45, 2.75) is 50.9 Å². The quantitative estimate of drug-likeness (QED) is 0.783. The van der Waals surface area contributed by atoms with Gasteiger partial charge in [-0.1, -0.05) is 12.1 Å². The lowest BCUT2D eigenvalue weighted by molar-refractivity contribution is -0.00613. The van der Waals surface area contributed by atoms with Crippen molar-refractivity contribution in [3.8, 4) is 5.75 Å². The molecule has 4 aliphatic carbocycles. The standard InChI is InChI=1S/C17H22O/c1-11-2-3-15(16(18)4-11)17-8-12-5-13(9-17)7-14(6-12)10-17/h2-4,12-14,18H,5-10H2,1H3. The summed E-state index contributed by atoms with van der Waals surface area (Å²) in [7, 11) is 0. The zero-order valence-electron chi connectivity index (χ0n) is 11.2. The first-order valence-electron chi connectivity index (χ1n) is 7.45. The number of aromatic hydroxyl groups is 1. The third-order valence-corrected chi connectivity index (χ3v) is 5.76. The monoisotopic (exact) mass is 242 g/mol.